The quantitative estimate of drug-likeness (QED) is 0.824. The second kappa shape index (κ2) is 5.51. The van der Waals surface area contributed by atoms with Crippen LogP contribution in [0.1, 0.15) is 31.9 Å². The van der Waals surface area contributed by atoms with Crippen LogP contribution in [-0.2, 0) is 16.5 Å². The van der Waals surface area contributed by atoms with E-state index in [0.29, 0.717) is 4.90 Å². The molecule has 0 spiro atoms. The van der Waals surface area contributed by atoms with Crippen LogP contribution in [0.2, 0.25) is 0 Å². The fraction of sp³-hybridized carbons (Fsp3) is 0.294. The first-order chi connectivity index (χ1) is 9.29. The molecular formula is C17H20O2S. The molecule has 0 aliphatic heterocycles. The zero-order chi connectivity index (χ0) is 14.9. The standard InChI is InChI=1S/C17H20O2S/c1-12-11-15(20(18)19)9-10-16(12)13-5-7-14(8-6-13)17(2,3)4/h5-11H,1-4H3,(H,18,19). The first kappa shape index (κ1) is 14.9. The van der Waals surface area contributed by atoms with E-state index in [9.17, 15) is 4.21 Å². The van der Waals surface area contributed by atoms with Crippen molar-refractivity contribution in [3.63, 3.8) is 0 Å². The summed E-state index contributed by atoms with van der Waals surface area (Å²) in [6.45, 7) is 8.54. The van der Waals surface area contributed by atoms with Gasteiger partial charge in [-0.2, -0.15) is 0 Å². The molecule has 0 aliphatic carbocycles. The van der Waals surface area contributed by atoms with Crippen molar-refractivity contribution in [2.75, 3.05) is 0 Å². The minimum atomic E-state index is -1.92. The summed E-state index contributed by atoms with van der Waals surface area (Å²) >= 11 is -1.92. The predicted molar refractivity (Wildman–Crippen MR) is 84.4 cm³/mol. The van der Waals surface area contributed by atoms with Gasteiger partial charge in [-0.25, -0.2) is 4.21 Å². The molecule has 2 nitrogen and oxygen atoms in total. The van der Waals surface area contributed by atoms with E-state index in [2.05, 4.69) is 45.0 Å². The minimum Gasteiger partial charge on any atom is -0.302 e. The van der Waals surface area contributed by atoms with Crippen LogP contribution in [0.5, 0.6) is 0 Å². The van der Waals surface area contributed by atoms with Crippen molar-refractivity contribution in [1.82, 2.24) is 0 Å². The monoisotopic (exact) mass is 288 g/mol. The summed E-state index contributed by atoms with van der Waals surface area (Å²) in [6.07, 6.45) is 0. The molecule has 1 unspecified atom stereocenters. The van der Waals surface area contributed by atoms with Gasteiger partial charge < -0.3 is 4.55 Å². The van der Waals surface area contributed by atoms with Gasteiger partial charge in [-0.1, -0.05) is 51.1 Å². The molecule has 0 bridgehead atoms. The summed E-state index contributed by atoms with van der Waals surface area (Å²) in [7, 11) is 0. The van der Waals surface area contributed by atoms with Crippen molar-refractivity contribution < 1.29 is 8.76 Å². The smallest absolute Gasteiger partial charge is 0.186 e. The van der Waals surface area contributed by atoms with E-state index in [4.69, 9.17) is 4.55 Å². The number of rotatable bonds is 2. The van der Waals surface area contributed by atoms with Crippen LogP contribution in [0.3, 0.4) is 0 Å². The van der Waals surface area contributed by atoms with E-state index >= 15 is 0 Å². The van der Waals surface area contributed by atoms with Gasteiger partial charge in [0.15, 0.2) is 11.1 Å². The van der Waals surface area contributed by atoms with Crippen molar-refractivity contribution in [1.29, 1.82) is 0 Å². The fourth-order valence-corrected chi connectivity index (χ4v) is 2.68. The zero-order valence-electron chi connectivity index (χ0n) is 12.3. The van der Waals surface area contributed by atoms with E-state index in [1.165, 1.54) is 5.56 Å². The van der Waals surface area contributed by atoms with Gasteiger partial charge in [0.2, 0.25) is 0 Å². The molecular weight excluding hydrogens is 268 g/mol. The average molecular weight is 288 g/mol. The third kappa shape index (κ3) is 3.17. The van der Waals surface area contributed by atoms with Gasteiger partial charge in [-0.15, -0.1) is 0 Å². The van der Waals surface area contributed by atoms with Gasteiger partial charge in [0, 0.05) is 0 Å². The van der Waals surface area contributed by atoms with Crippen LogP contribution in [0.4, 0.5) is 0 Å². The molecule has 0 saturated heterocycles. The van der Waals surface area contributed by atoms with Crippen molar-refractivity contribution in [3.8, 4) is 11.1 Å². The third-order valence-electron chi connectivity index (χ3n) is 3.46. The van der Waals surface area contributed by atoms with Crippen molar-refractivity contribution in [2.24, 2.45) is 0 Å². The lowest BCUT2D eigenvalue weighted by Crippen LogP contribution is -2.10. The molecule has 2 aromatic rings. The molecule has 2 rings (SSSR count). The molecule has 0 fully saturated rings. The Morgan fingerprint density at radius 2 is 1.60 bits per heavy atom. The fourth-order valence-electron chi connectivity index (χ4n) is 2.22. The third-order valence-corrected chi connectivity index (χ3v) is 4.12. The Morgan fingerprint density at radius 1 is 1.00 bits per heavy atom. The van der Waals surface area contributed by atoms with Crippen LogP contribution in [-0.4, -0.2) is 8.76 Å². The molecule has 0 aromatic heterocycles. The SMILES string of the molecule is Cc1cc(S(=O)O)ccc1-c1ccc(C(C)(C)C)cc1. The highest BCUT2D eigenvalue weighted by Gasteiger charge is 2.13. The highest BCUT2D eigenvalue weighted by Crippen LogP contribution is 2.28. The number of hydrogen-bond acceptors (Lipinski definition) is 1. The molecule has 106 valence electrons. The Labute approximate surface area is 123 Å². The first-order valence-electron chi connectivity index (χ1n) is 6.61. The van der Waals surface area contributed by atoms with Gasteiger partial charge in [0.25, 0.3) is 0 Å². The lowest BCUT2D eigenvalue weighted by atomic mass is 9.86. The summed E-state index contributed by atoms with van der Waals surface area (Å²) in [5.41, 5.74) is 4.68. The summed E-state index contributed by atoms with van der Waals surface area (Å²) in [6, 6.07) is 13.9. The Bertz CT molecular complexity index is 637. The molecule has 20 heavy (non-hydrogen) atoms. The maximum Gasteiger partial charge on any atom is 0.186 e. The van der Waals surface area contributed by atoms with E-state index in [-0.39, 0.29) is 5.41 Å². The topological polar surface area (TPSA) is 37.3 Å². The highest BCUT2D eigenvalue weighted by atomic mass is 32.2. The Balaban J connectivity index is 2.40. The van der Waals surface area contributed by atoms with E-state index < -0.39 is 11.1 Å². The molecule has 1 N–H and O–H groups in total. The molecule has 0 aliphatic rings. The second-order valence-electron chi connectivity index (χ2n) is 6.05. The molecule has 0 saturated carbocycles. The predicted octanol–water partition coefficient (Wildman–Crippen LogP) is 4.54. The molecule has 3 heteroatoms. The zero-order valence-corrected chi connectivity index (χ0v) is 13.1. The Morgan fingerprint density at radius 3 is 2.05 bits per heavy atom. The first-order valence-corrected chi connectivity index (χ1v) is 7.72. The average Bonchev–Trinajstić information content (AvgIpc) is 2.37. The van der Waals surface area contributed by atoms with Crippen molar-refractivity contribution in [2.45, 2.75) is 38.0 Å². The van der Waals surface area contributed by atoms with E-state index in [0.717, 1.165) is 16.7 Å². The largest absolute Gasteiger partial charge is 0.302 e. The number of aryl methyl sites for hydroxylation is 1. The van der Waals surface area contributed by atoms with Crippen LogP contribution >= 0.6 is 0 Å². The lowest BCUT2D eigenvalue weighted by Gasteiger charge is -2.19. The Kier molecular flexibility index (Phi) is 4.11. The van der Waals surface area contributed by atoms with Gasteiger partial charge >= 0.3 is 0 Å². The molecule has 0 radical (unpaired) electrons. The summed E-state index contributed by atoms with van der Waals surface area (Å²) < 4.78 is 20.2. The van der Waals surface area contributed by atoms with E-state index in [1.54, 1.807) is 12.1 Å². The minimum absolute atomic E-state index is 0.144. The highest BCUT2D eigenvalue weighted by molar-refractivity contribution is 7.79. The second-order valence-corrected chi connectivity index (χ2v) is 7.02. The maximum absolute atomic E-state index is 11.1. The van der Waals surface area contributed by atoms with E-state index in [1.807, 2.05) is 13.0 Å². The molecule has 0 heterocycles. The van der Waals surface area contributed by atoms with Gasteiger partial charge in [-0.05, 0) is 46.7 Å². The Hall–Kier alpha value is -1.45. The van der Waals surface area contributed by atoms with Gasteiger partial charge in [-0.3, -0.25) is 0 Å². The lowest BCUT2D eigenvalue weighted by molar-refractivity contribution is 0.564. The van der Waals surface area contributed by atoms with Crippen LogP contribution in [0.15, 0.2) is 47.4 Å². The summed E-state index contributed by atoms with van der Waals surface area (Å²) in [4.78, 5) is 0.442. The van der Waals surface area contributed by atoms with Crippen molar-refractivity contribution >= 4 is 11.1 Å². The summed E-state index contributed by atoms with van der Waals surface area (Å²) in [5, 5.41) is 0. The molecule has 1 atom stereocenters. The maximum atomic E-state index is 11.1. The number of hydrogen-bond donors (Lipinski definition) is 1. The molecule has 0 amide bonds. The van der Waals surface area contributed by atoms with Crippen LogP contribution in [0, 0.1) is 6.92 Å². The van der Waals surface area contributed by atoms with Gasteiger partial charge in [0.05, 0.1) is 4.90 Å². The number of benzene rings is 2. The van der Waals surface area contributed by atoms with Crippen LogP contribution in [0.25, 0.3) is 11.1 Å². The molecule has 2 aromatic carbocycles. The van der Waals surface area contributed by atoms with Gasteiger partial charge in [0.1, 0.15) is 0 Å². The van der Waals surface area contributed by atoms with Crippen molar-refractivity contribution in [3.05, 3.63) is 53.6 Å². The normalized spacial score (nSPS) is 13.2. The summed E-state index contributed by atoms with van der Waals surface area (Å²) in [5.74, 6) is 0. The van der Waals surface area contributed by atoms with Crippen LogP contribution < -0.4 is 0 Å².